The van der Waals surface area contributed by atoms with Gasteiger partial charge < -0.3 is 0 Å². The van der Waals surface area contributed by atoms with E-state index in [1.807, 2.05) is 51.1 Å². The SMILES string of the molecule is Cc1cc(C)c(S(=O)(=O)N2c3ccccc3CC2C)cc1Br. The molecule has 5 heteroatoms. The van der Waals surface area contributed by atoms with Gasteiger partial charge in [0.25, 0.3) is 10.0 Å². The summed E-state index contributed by atoms with van der Waals surface area (Å²) >= 11 is 3.45. The normalized spacial score (nSPS) is 17.6. The molecule has 1 aliphatic rings. The van der Waals surface area contributed by atoms with Gasteiger partial charge in [-0.15, -0.1) is 0 Å². The highest BCUT2D eigenvalue weighted by atomic mass is 79.9. The van der Waals surface area contributed by atoms with E-state index in [-0.39, 0.29) is 6.04 Å². The summed E-state index contributed by atoms with van der Waals surface area (Å²) in [5, 5.41) is 0. The first-order valence-electron chi connectivity index (χ1n) is 7.21. The smallest absolute Gasteiger partial charge is 0.263 e. The minimum absolute atomic E-state index is 0.0677. The molecule has 0 spiro atoms. The molecule has 1 unspecified atom stereocenters. The molecule has 116 valence electrons. The summed E-state index contributed by atoms with van der Waals surface area (Å²) < 4.78 is 28.8. The van der Waals surface area contributed by atoms with Gasteiger partial charge in [-0.3, -0.25) is 4.31 Å². The Hall–Kier alpha value is -1.33. The van der Waals surface area contributed by atoms with E-state index in [1.165, 1.54) is 0 Å². The third kappa shape index (κ3) is 2.36. The van der Waals surface area contributed by atoms with Crippen LogP contribution in [0.25, 0.3) is 0 Å². The maximum atomic E-state index is 13.2. The van der Waals surface area contributed by atoms with E-state index in [9.17, 15) is 8.42 Å². The minimum atomic E-state index is -3.57. The van der Waals surface area contributed by atoms with E-state index in [4.69, 9.17) is 0 Å². The zero-order valence-electron chi connectivity index (χ0n) is 12.8. The van der Waals surface area contributed by atoms with Crippen LogP contribution in [0, 0.1) is 13.8 Å². The molecule has 1 aliphatic heterocycles. The Morgan fingerprint density at radius 1 is 1.14 bits per heavy atom. The maximum Gasteiger partial charge on any atom is 0.264 e. The fraction of sp³-hybridized carbons (Fsp3) is 0.294. The van der Waals surface area contributed by atoms with Crippen molar-refractivity contribution in [2.24, 2.45) is 0 Å². The Balaban J connectivity index is 2.17. The van der Waals surface area contributed by atoms with Gasteiger partial charge in [-0.25, -0.2) is 8.42 Å². The van der Waals surface area contributed by atoms with Crippen molar-refractivity contribution < 1.29 is 8.42 Å². The van der Waals surface area contributed by atoms with Crippen LogP contribution >= 0.6 is 15.9 Å². The van der Waals surface area contributed by atoms with Crippen molar-refractivity contribution in [3.8, 4) is 0 Å². The molecule has 3 nitrogen and oxygen atoms in total. The lowest BCUT2D eigenvalue weighted by Gasteiger charge is -2.25. The molecule has 0 saturated heterocycles. The van der Waals surface area contributed by atoms with Gasteiger partial charge in [0.2, 0.25) is 0 Å². The number of para-hydroxylation sites is 1. The molecule has 0 aromatic heterocycles. The molecule has 0 N–H and O–H groups in total. The summed E-state index contributed by atoms with van der Waals surface area (Å²) in [6.07, 6.45) is 0.751. The summed E-state index contributed by atoms with van der Waals surface area (Å²) in [5.41, 5.74) is 3.69. The zero-order chi connectivity index (χ0) is 16.1. The molecule has 0 fully saturated rings. The number of sulfonamides is 1. The Morgan fingerprint density at radius 3 is 2.55 bits per heavy atom. The highest BCUT2D eigenvalue weighted by Gasteiger charge is 2.36. The Kier molecular flexibility index (Phi) is 3.81. The van der Waals surface area contributed by atoms with Crippen molar-refractivity contribution in [2.75, 3.05) is 4.31 Å². The number of nitrogens with zero attached hydrogens (tertiary/aromatic N) is 1. The Bertz CT molecular complexity index is 846. The van der Waals surface area contributed by atoms with E-state index < -0.39 is 10.0 Å². The largest absolute Gasteiger partial charge is 0.264 e. The predicted octanol–water partition coefficient (Wildman–Crippen LogP) is 4.21. The maximum absolute atomic E-state index is 13.2. The predicted molar refractivity (Wildman–Crippen MR) is 92.9 cm³/mol. The summed E-state index contributed by atoms with van der Waals surface area (Å²) in [6.45, 7) is 5.76. The lowest BCUT2D eigenvalue weighted by molar-refractivity contribution is 0.583. The molecule has 22 heavy (non-hydrogen) atoms. The molecule has 0 saturated carbocycles. The van der Waals surface area contributed by atoms with E-state index in [1.54, 1.807) is 10.4 Å². The highest BCUT2D eigenvalue weighted by molar-refractivity contribution is 9.10. The highest BCUT2D eigenvalue weighted by Crippen LogP contribution is 2.38. The average molecular weight is 380 g/mol. The van der Waals surface area contributed by atoms with Crippen molar-refractivity contribution in [3.05, 3.63) is 57.6 Å². The number of fused-ring (bicyclic) bond motifs is 1. The summed E-state index contributed by atoms with van der Waals surface area (Å²) in [4.78, 5) is 0.369. The third-order valence-corrected chi connectivity index (χ3v) is 7.06. The molecule has 1 atom stereocenters. The van der Waals surface area contributed by atoms with Crippen LogP contribution in [0.15, 0.2) is 45.8 Å². The van der Waals surface area contributed by atoms with E-state index >= 15 is 0 Å². The van der Waals surface area contributed by atoms with Crippen molar-refractivity contribution in [3.63, 3.8) is 0 Å². The van der Waals surface area contributed by atoms with Crippen LogP contribution in [-0.2, 0) is 16.4 Å². The second-order valence-corrected chi connectivity index (χ2v) is 8.49. The van der Waals surface area contributed by atoms with Crippen molar-refractivity contribution in [2.45, 2.75) is 38.1 Å². The molecule has 0 amide bonds. The van der Waals surface area contributed by atoms with E-state index in [2.05, 4.69) is 15.9 Å². The fourth-order valence-electron chi connectivity index (χ4n) is 3.09. The summed E-state index contributed by atoms with van der Waals surface area (Å²) in [5.74, 6) is 0. The molecular formula is C17H18BrNO2S. The fourth-order valence-corrected chi connectivity index (χ4v) is 5.52. The van der Waals surface area contributed by atoms with Gasteiger partial charge in [-0.1, -0.05) is 40.2 Å². The summed E-state index contributed by atoms with van der Waals surface area (Å²) in [6, 6.07) is 11.3. The zero-order valence-corrected chi connectivity index (χ0v) is 15.2. The number of hydrogen-bond acceptors (Lipinski definition) is 2. The quantitative estimate of drug-likeness (QED) is 0.783. The molecule has 2 aromatic carbocycles. The number of aryl methyl sites for hydroxylation is 2. The first-order chi connectivity index (χ1) is 10.3. The molecule has 2 aromatic rings. The van der Waals surface area contributed by atoms with Crippen LogP contribution in [0.4, 0.5) is 5.69 Å². The average Bonchev–Trinajstić information content (AvgIpc) is 2.79. The van der Waals surface area contributed by atoms with Gasteiger partial charge in [0, 0.05) is 10.5 Å². The molecule has 0 aliphatic carbocycles. The van der Waals surface area contributed by atoms with Crippen LogP contribution in [0.3, 0.4) is 0 Å². The first kappa shape index (κ1) is 15.6. The van der Waals surface area contributed by atoms with Crippen molar-refractivity contribution in [1.29, 1.82) is 0 Å². The number of halogens is 1. The van der Waals surface area contributed by atoms with Gasteiger partial charge in [0.1, 0.15) is 0 Å². The second kappa shape index (κ2) is 5.39. The van der Waals surface area contributed by atoms with Crippen LogP contribution in [0.5, 0.6) is 0 Å². The van der Waals surface area contributed by atoms with Crippen LogP contribution in [-0.4, -0.2) is 14.5 Å². The lowest BCUT2D eigenvalue weighted by atomic mass is 10.1. The van der Waals surface area contributed by atoms with Crippen molar-refractivity contribution >= 4 is 31.6 Å². The number of rotatable bonds is 2. The first-order valence-corrected chi connectivity index (χ1v) is 9.45. The Labute approximate surface area is 140 Å². The van der Waals surface area contributed by atoms with E-state index in [0.29, 0.717) is 4.90 Å². The summed E-state index contributed by atoms with van der Waals surface area (Å²) in [7, 11) is -3.57. The van der Waals surface area contributed by atoms with Gasteiger partial charge in [-0.05, 0) is 56.0 Å². The van der Waals surface area contributed by atoms with Crippen molar-refractivity contribution in [1.82, 2.24) is 0 Å². The number of anilines is 1. The molecule has 0 radical (unpaired) electrons. The Morgan fingerprint density at radius 2 is 1.82 bits per heavy atom. The second-order valence-electron chi connectivity index (χ2n) is 5.85. The van der Waals surface area contributed by atoms with Gasteiger partial charge in [-0.2, -0.15) is 0 Å². The molecule has 1 heterocycles. The van der Waals surface area contributed by atoms with Crippen LogP contribution in [0.1, 0.15) is 23.6 Å². The van der Waals surface area contributed by atoms with Gasteiger partial charge in [0.15, 0.2) is 0 Å². The third-order valence-electron chi connectivity index (χ3n) is 4.14. The van der Waals surface area contributed by atoms with Crippen LogP contribution < -0.4 is 4.31 Å². The topological polar surface area (TPSA) is 37.4 Å². The lowest BCUT2D eigenvalue weighted by Crippen LogP contribution is -2.36. The molecule has 0 bridgehead atoms. The standard InChI is InChI=1S/C17H18BrNO2S/c1-11-8-12(2)17(10-15(11)18)22(20,21)19-13(3)9-14-6-4-5-7-16(14)19/h4-8,10,13H,9H2,1-3H3. The number of benzene rings is 2. The number of hydrogen-bond donors (Lipinski definition) is 0. The van der Waals surface area contributed by atoms with E-state index in [0.717, 1.165) is 33.3 Å². The van der Waals surface area contributed by atoms with Gasteiger partial charge >= 0.3 is 0 Å². The van der Waals surface area contributed by atoms with Crippen LogP contribution in [0.2, 0.25) is 0 Å². The minimum Gasteiger partial charge on any atom is -0.263 e. The monoisotopic (exact) mass is 379 g/mol. The molecular weight excluding hydrogens is 362 g/mol. The molecule has 3 rings (SSSR count). The van der Waals surface area contributed by atoms with Gasteiger partial charge in [0.05, 0.1) is 10.6 Å².